The van der Waals surface area contributed by atoms with E-state index < -0.39 is 0 Å². The first-order chi connectivity index (χ1) is 8.72. The summed E-state index contributed by atoms with van der Waals surface area (Å²) < 4.78 is 0. The Bertz CT molecular complexity index is 422. The number of aliphatic hydroxyl groups is 1. The lowest BCUT2D eigenvalue weighted by Crippen LogP contribution is -2.37. The zero-order valence-corrected chi connectivity index (χ0v) is 11.2. The Hall–Kier alpha value is -1.20. The Kier molecular flexibility index (Phi) is 4.49. The Balaban J connectivity index is 2.18. The van der Waals surface area contributed by atoms with Crippen LogP contribution in [-0.2, 0) is 0 Å². The maximum Gasteiger partial charge on any atom is 0.138 e. The number of rotatable bonds is 4. The molecule has 2 rings (SSSR count). The molecule has 0 aliphatic carbocycles. The molecule has 5 heteroatoms. The molecule has 4 nitrogen and oxygen atoms in total. The van der Waals surface area contributed by atoms with Crippen LogP contribution in [0.2, 0.25) is 0 Å². The van der Waals surface area contributed by atoms with Gasteiger partial charge in [0.1, 0.15) is 10.8 Å². The van der Waals surface area contributed by atoms with E-state index in [1.54, 1.807) is 6.20 Å². The molecule has 1 aromatic rings. The van der Waals surface area contributed by atoms with Gasteiger partial charge < -0.3 is 15.7 Å². The maximum absolute atomic E-state index is 9.04. The predicted octanol–water partition coefficient (Wildman–Crippen LogP) is 1.31. The van der Waals surface area contributed by atoms with Crippen molar-refractivity contribution in [2.24, 2.45) is 11.7 Å². The van der Waals surface area contributed by atoms with Gasteiger partial charge in [-0.2, -0.15) is 0 Å². The summed E-state index contributed by atoms with van der Waals surface area (Å²) in [6.45, 7) is 2.16. The second-order valence-electron chi connectivity index (χ2n) is 4.71. The monoisotopic (exact) mass is 265 g/mol. The smallest absolute Gasteiger partial charge is 0.138 e. The molecule has 1 unspecified atom stereocenters. The summed E-state index contributed by atoms with van der Waals surface area (Å²) in [4.78, 5) is 7.04. The summed E-state index contributed by atoms with van der Waals surface area (Å²) in [7, 11) is 0. The van der Waals surface area contributed by atoms with Gasteiger partial charge in [0.05, 0.1) is 5.56 Å². The highest BCUT2D eigenvalue weighted by molar-refractivity contribution is 7.80. The van der Waals surface area contributed by atoms with Crippen molar-refractivity contribution in [1.82, 2.24) is 4.98 Å². The quantitative estimate of drug-likeness (QED) is 0.804. The summed E-state index contributed by atoms with van der Waals surface area (Å²) in [6, 6.07) is 3.77. The molecular formula is C13H19N3OS. The molecule has 1 atom stereocenters. The maximum atomic E-state index is 9.04. The standard InChI is InChI=1S/C13H19N3OS/c14-12(18)11-4-1-6-15-13(11)16-7-2-3-10(9-16)5-8-17/h1,4,6,10,17H,2-3,5,7-9H2,(H2,14,18). The first-order valence-corrected chi connectivity index (χ1v) is 6.74. The van der Waals surface area contributed by atoms with Crippen LogP contribution in [0.25, 0.3) is 0 Å². The molecule has 1 fully saturated rings. The Morgan fingerprint density at radius 2 is 2.44 bits per heavy atom. The van der Waals surface area contributed by atoms with Crippen LogP contribution in [-0.4, -0.2) is 34.8 Å². The molecule has 0 spiro atoms. The molecule has 18 heavy (non-hydrogen) atoms. The van der Waals surface area contributed by atoms with Crippen molar-refractivity contribution in [3.8, 4) is 0 Å². The van der Waals surface area contributed by atoms with Gasteiger partial charge in [0.2, 0.25) is 0 Å². The number of nitrogens with zero attached hydrogens (tertiary/aromatic N) is 2. The van der Waals surface area contributed by atoms with Gasteiger partial charge in [0.25, 0.3) is 0 Å². The lowest BCUT2D eigenvalue weighted by Gasteiger charge is -2.34. The van der Waals surface area contributed by atoms with E-state index in [0.29, 0.717) is 10.9 Å². The van der Waals surface area contributed by atoms with Gasteiger partial charge in [0, 0.05) is 25.9 Å². The molecule has 1 aliphatic heterocycles. The lowest BCUT2D eigenvalue weighted by molar-refractivity contribution is 0.244. The first-order valence-electron chi connectivity index (χ1n) is 6.33. The van der Waals surface area contributed by atoms with Crippen LogP contribution in [0.3, 0.4) is 0 Å². The second kappa shape index (κ2) is 6.11. The number of piperidine rings is 1. The van der Waals surface area contributed by atoms with Gasteiger partial charge in [-0.05, 0) is 37.3 Å². The topological polar surface area (TPSA) is 62.4 Å². The zero-order chi connectivity index (χ0) is 13.0. The number of hydrogen-bond donors (Lipinski definition) is 2. The Morgan fingerprint density at radius 1 is 1.61 bits per heavy atom. The highest BCUT2D eigenvalue weighted by atomic mass is 32.1. The molecular weight excluding hydrogens is 246 g/mol. The van der Waals surface area contributed by atoms with Gasteiger partial charge in [-0.15, -0.1) is 0 Å². The van der Waals surface area contributed by atoms with Crippen LogP contribution in [0, 0.1) is 5.92 Å². The number of nitrogens with two attached hydrogens (primary N) is 1. The minimum absolute atomic E-state index is 0.253. The molecule has 0 amide bonds. The van der Waals surface area contributed by atoms with Crippen LogP contribution in [0.1, 0.15) is 24.8 Å². The molecule has 3 N–H and O–H groups in total. The molecule has 0 aromatic carbocycles. The Labute approximate surface area is 113 Å². The minimum Gasteiger partial charge on any atom is -0.396 e. The average Bonchev–Trinajstić information content (AvgIpc) is 2.39. The number of anilines is 1. The van der Waals surface area contributed by atoms with Crippen LogP contribution in [0.5, 0.6) is 0 Å². The molecule has 0 radical (unpaired) electrons. The summed E-state index contributed by atoms with van der Waals surface area (Å²) in [5.74, 6) is 1.41. The number of aliphatic hydroxyl groups excluding tert-OH is 1. The van der Waals surface area contributed by atoms with Crippen LogP contribution < -0.4 is 10.6 Å². The average molecular weight is 265 g/mol. The number of thiocarbonyl (C=S) groups is 1. The molecule has 98 valence electrons. The van der Waals surface area contributed by atoms with Crippen molar-refractivity contribution in [2.45, 2.75) is 19.3 Å². The zero-order valence-electron chi connectivity index (χ0n) is 10.4. The van der Waals surface area contributed by atoms with Crippen molar-refractivity contribution in [3.63, 3.8) is 0 Å². The molecule has 0 saturated carbocycles. The van der Waals surface area contributed by atoms with Crippen LogP contribution in [0.15, 0.2) is 18.3 Å². The SMILES string of the molecule is NC(=S)c1cccnc1N1CCCC(CCO)C1. The van der Waals surface area contributed by atoms with Crippen molar-refractivity contribution < 1.29 is 5.11 Å². The van der Waals surface area contributed by atoms with E-state index in [1.165, 1.54) is 6.42 Å². The van der Waals surface area contributed by atoms with Gasteiger partial charge in [-0.3, -0.25) is 0 Å². The van der Waals surface area contributed by atoms with E-state index in [9.17, 15) is 0 Å². The highest BCUT2D eigenvalue weighted by Crippen LogP contribution is 2.25. The molecule has 0 bridgehead atoms. The Morgan fingerprint density at radius 3 is 3.17 bits per heavy atom. The fraction of sp³-hybridized carbons (Fsp3) is 0.538. The molecule has 2 heterocycles. The summed E-state index contributed by atoms with van der Waals surface area (Å²) in [5, 5.41) is 9.04. The molecule has 1 aromatic heterocycles. The van der Waals surface area contributed by atoms with Crippen LogP contribution >= 0.6 is 12.2 Å². The number of hydrogen-bond acceptors (Lipinski definition) is 4. The third kappa shape index (κ3) is 2.97. The van der Waals surface area contributed by atoms with Crippen molar-refractivity contribution >= 4 is 23.0 Å². The van der Waals surface area contributed by atoms with Crippen molar-refractivity contribution in [2.75, 3.05) is 24.6 Å². The third-order valence-corrected chi connectivity index (χ3v) is 3.63. The molecule has 1 saturated heterocycles. The first kappa shape index (κ1) is 13.2. The summed E-state index contributed by atoms with van der Waals surface area (Å²) >= 11 is 5.07. The third-order valence-electron chi connectivity index (χ3n) is 3.41. The second-order valence-corrected chi connectivity index (χ2v) is 5.15. The lowest BCUT2D eigenvalue weighted by atomic mass is 9.95. The van der Waals surface area contributed by atoms with Gasteiger partial charge in [-0.1, -0.05) is 12.2 Å². The largest absolute Gasteiger partial charge is 0.396 e. The van der Waals surface area contributed by atoms with E-state index in [4.69, 9.17) is 23.1 Å². The van der Waals surface area contributed by atoms with Gasteiger partial charge in [0.15, 0.2) is 0 Å². The van der Waals surface area contributed by atoms with E-state index >= 15 is 0 Å². The predicted molar refractivity (Wildman–Crippen MR) is 76.8 cm³/mol. The summed E-state index contributed by atoms with van der Waals surface area (Å²) in [5.41, 5.74) is 6.58. The van der Waals surface area contributed by atoms with Crippen LogP contribution in [0.4, 0.5) is 5.82 Å². The van der Waals surface area contributed by atoms with E-state index in [0.717, 1.165) is 37.3 Å². The van der Waals surface area contributed by atoms with E-state index in [-0.39, 0.29) is 6.61 Å². The summed E-state index contributed by atoms with van der Waals surface area (Å²) in [6.07, 6.45) is 4.92. The highest BCUT2D eigenvalue weighted by Gasteiger charge is 2.22. The number of aromatic nitrogens is 1. The molecule has 1 aliphatic rings. The fourth-order valence-electron chi connectivity index (χ4n) is 2.52. The van der Waals surface area contributed by atoms with Crippen molar-refractivity contribution in [1.29, 1.82) is 0 Å². The van der Waals surface area contributed by atoms with E-state index in [1.807, 2.05) is 12.1 Å². The minimum atomic E-state index is 0.253. The number of pyridine rings is 1. The fourth-order valence-corrected chi connectivity index (χ4v) is 2.68. The normalized spacial score (nSPS) is 19.8. The van der Waals surface area contributed by atoms with Crippen molar-refractivity contribution in [3.05, 3.63) is 23.9 Å². The van der Waals surface area contributed by atoms with Gasteiger partial charge in [-0.25, -0.2) is 4.98 Å². The van der Waals surface area contributed by atoms with E-state index in [2.05, 4.69) is 9.88 Å². The van der Waals surface area contributed by atoms with Gasteiger partial charge >= 0.3 is 0 Å².